The van der Waals surface area contributed by atoms with E-state index in [0.717, 1.165) is 4.90 Å². The van der Waals surface area contributed by atoms with E-state index >= 15 is 0 Å². The summed E-state index contributed by atoms with van der Waals surface area (Å²) < 4.78 is 23.1. The number of hydrogen-bond acceptors (Lipinski definition) is 4. The van der Waals surface area contributed by atoms with E-state index in [1.165, 1.54) is 11.8 Å². The first-order chi connectivity index (χ1) is 9.93. The van der Waals surface area contributed by atoms with Crippen LogP contribution in [-0.4, -0.2) is 49.1 Å². The summed E-state index contributed by atoms with van der Waals surface area (Å²) in [4.78, 5) is 14.9. The van der Waals surface area contributed by atoms with Crippen molar-refractivity contribution in [2.75, 3.05) is 23.8 Å². The van der Waals surface area contributed by atoms with E-state index in [9.17, 15) is 13.2 Å². The van der Waals surface area contributed by atoms with Crippen LogP contribution in [0.2, 0.25) is 5.02 Å². The van der Waals surface area contributed by atoms with Gasteiger partial charge in [0, 0.05) is 17.5 Å². The van der Waals surface area contributed by atoms with Crippen LogP contribution in [0.5, 0.6) is 0 Å². The van der Waals surface area contributed by atoms with Gasteiger partial charge in [-0.3, -0.25) is 4.79 Å². The van der Waals surface area contributed by atoms with Gasteiger partial charge < -0.3 is 4.90 Å². The van der Waals surface area contributed by atoms with Gasteiger partial charge in [-0.1, -0.05) is 23.7 Å². The van der Waals surface area contributed by atoms with Crippen LogP contribution in [-0.2, 0) is 14.6 Å². The fraction of sp³-hybridized carbons (Fsp3) is 0.500. The molecule has 4 nitrogen and oxygen atoms in total. The summed E-state index contributed by atoms with van der Waals surface area (Å²) in [6.45, 7) is 2.41. The van der Waals surface area contributed by atoms with Crippen LogP contribution in [0.1, 0.15) is 13.3 Å². The van der Waals surface area contributed by atoms with Crippen LogP contribution in [0, 0.1) is 0 Å². The molecule has 1 atom stereocenters. The van der Waals surface area contributed by atoms with E-state index in [2.05, 4.69) is 0 Å². The van der Waals surface area contributed by atoms with E-state index in [1.807, 2.05) is 25.1 Å². The van der Waals surface area contributed by atoms with Gasteiger partial charge >= 0.3 is 0 Å². The molecule has 2 rings (SSSR count). The Morgan fingerprint density at radius 3 is 2.71 bits per heavy atom. The smallest absolute Gasteiger partial charge is 0.233 e. The second-order valence-corrected chi connectivity index (χ2v) is 8.61. The van der Waals surface area contributed by atoms with Crippen molar-refractivity contribution < 1.29 is 13.2 Å². The first-order valence-corrected chi connectivity index (χ1v) is 9.98. The van der Waals surface area contributed by atoms with Gasteiger partial charge in [0.05, 0.1) is 22.3 Å². The highest BCUT2D eigenvalue weighted by Crippen LogP contribution is 2.27. The second kappa shape index (κ2) is 7.03. The lowest BCUT2D eigenvalue weighted by molar-refractivity contribution is -0.129. The first-order valence-electron chi connectivity index (χ1n) is 6.80. The molecule has 116 valence electrons. The summed E-state index contributed by atoms with van der Waals surface area (Å²) in [5.41, 5.74) is 0. The fourth-order valence-electron chi connectivity index (χ4n) is 2.44. The summed E-state index contributed by atoms with van der Waals surface area (Å²) in [6.07, 6.45) is 0.540. The maximum absolute atomic E-state index is 12.3. The monoisotopic (exact) mass is 347 g/mol. The Morgan fingerprint density at radius 1 is 1.43 bits per heavy atom. The SMILES string of the molecule is CCN(C(=O)CSc1ccccc1Cl)C1CCS(=O)(=O)C1. The van der Waals surface area contributed by atoms with Crippen molar-refractivity contribution in [3.05, 3.63) is 29.3 Å². The van der Waals surface area contributed by atoms with Crippen LogP contribution in [0.4, 0.5) is 0 Å². The number of carbonyl (C=O) groups excluding carboxylic acids is 1. The van der Waals surface area contributed by atoms with Gasteiger partial charge in [-0.05, 0) is 25.5 Å². The molecule has 1 saturated heterocycles. The Hall–Kier alpha value is -0.720. The average Bonchev–Trinajstić information content (AvgIpc) is 2.79. The van der Waals surface area contributed by atoms with E-state index < -0.39 is 9.84 Å². The van der Waals surface area contributed by atoms with Crippen molar-refractivity contribution >= 4 is 39.1 Å². The van der Waals surface area contributed by atoms with Crippen molar-refractivity contribution in [2.24, 2.45) is 0 Å². The van der Waals surface area contributed by atoms with E-state index in [4.69, 9.17) is 11.6 Å². The van der Waals surface area contributed by atoms with Gasteiger partial charge in [-0.15, -0.1) is 11.8 Å². The topological polar surface area (TPSA) is 54.5 Å². The van der Waals surface area contributed by atoms with Crippen molar-refractivity contribution in [1.82, 2.24) is 4.90 Å². The zero-order valence-electron chi connectivity index (χ0n) is 11.8. The lowest BCUT2D eigenvalue weighted by Crippen LogP contribution is -2.41. The van der Waals surface area contributed by atoms with Crippen LogP contribution in [0.15, 0.2) is 29.2 Å². The predicted octanol–water partition coefficient (Wildman–Crippen LogP) is 2.47. The van der Waals surface area contributed by atoms with Crippen molar-refractivity contribution in [2.45, 2.75) is 24.3 Å². The Bertz CT molecular complexity index is 618. The predicted molar refractivity (Wildman–Crippen MR) is 86.6 cm³/mol. The number of amides is 1. The molecule has 0 spiro atoms. The van der Waals surface area contributed by atoms with Crippen LogP contribution in [0.25, 0.3) is 0 Å². The third-order valence-electron chi connectivity index (χ3n) is 3.50. The molecule has 1 aromatic rings. The van der Waals surface area contributed by atoms with Gasteiger partial charge in [0.25, 0.3) is 0 Å². The molecule has 1 amide bonds. The molecule has 1 fully saturated rings. The van der Waals surface area contributed by atoms with Crippen molar-refractivity contribution in [3.8, 4) is 0 Å². The zero-order valence-corrected chi connectivity index (χ0v) is 14.2. The molecule has 0 radical (unpaired) electrons. The minimum atomic E-state index is -2.98. The summed E-state index contributed by atoms with van der Waals surface area (Å²) >= 11 is 7.45. The quantitative estimate of drug-likeness (QED) is 0.768. The number of nitrogens with zero attached hydrogens (tertiary/aromatic N) is 1. The Labute approximate surface area is 134 Å². The standard InChI is InChI=1S/C14H18ClNO3S2/c1-2-16(11-7-8-21(18,19)10-11)14(17)9-20-13-6-4-3-5-12(13)15/h3-6,11H,2,7-10H2,1H3. The number of sulfone groups is 1. The van der Waals surface area contributed by atoms with Gasteiger partial charge in [0.2, 0.25) is 5.91 Å². The number of thioether (sulfide) groups is 1. The third-order valence-corrected chi connectivity index (χ3v) is 6.75. The highest BCUT2D eigenvalue weighted by atomic mass is 35.5. The van der Waals surface area contributed by atoms with Gasteiger partial charge in [-0.2, -0.15) is 0 Å². The third kappa shape index (κ3) is 4.37. The summed E-state index contributed by atoms with van der Waals surface area (Å²) in [5, 5.41) is 0.627. The summed E-state index contributed by atoms with van der Waals surface area (Å²) in [6, 6.07) is 7.20. The molecule has 7 heteroatoms. The van der Waals surface area contributed by atoms with Crippen LogP contribution < -0.4 is 0 Å². The molecule has 1 aliphatic heterocycles. The van der Waals surface area contributed by atoms with Gasteiger partial charge in [-0.25, -0.2) is 8.42 Å². The molecule has 0 N–H and O–H groups in total. The Morgan fingerprint density at radius 2 is 2.14 bits per heavy atom. The lowest BCUT2D eigenvalue weighted by Gasteiger charge is -2.26. The van der Waals surface area contributed by atoms with Crippen molar-refractivity contribution in [3.63, 3.8) is 0 Å². The van der Waals surface area contributed by atoms with Gasteiger partial charge in [0.15, 0.2) is 9.84 Å². The largest absolute Gasteiger partial charge is 0.338 e. The molecule has 0 saturated carbocycles. The molecule has 1 aliphatic rings. The van der Waals surface area contributed by atoms with E-state index in [0.29, 0.717) is 18.0 Å². The summed E-state index contributed by atoms with van der Waals surface area (Å²) in [7, 11) is -2.98. The molecular weight excluding hydrogens is 330 g/mol. The maximum atomic E-state index is 12.3. The molecule has 0 bridgehead atoms. The number of halogens is 1. The number of rotatable bonds is 5. The first kappa shape index (κ1) is 16.6. The van der Waals surface area contributed by atoms with Crippen molar-refractivity contribution in [1.29, 1.82) is 0 Å². The van der Waals surface area contributed by atoms with Crippen LogP contribution in [0.3, 0.4) is 0 Å². The van der Waals surface area contributed by atoms with E-state index in [1.54, 1.807) is 11.0 Å². The molecule has 21 heavy (non-hydrogen) atoms. The molecule has 1 unspecified atom stereocenters. The molecule has 1 heterocycles. The molecule has 0 aliphatic carbocycles. The number of hydrogen-bond donors (Lipinski definition) is 0. The molecule has 0 aromatic heterocycles. The molecular formula is C14H18ClNO3S2. The normalized spacial score (nSPS) is 20.4. The minimum Gasteiger partial charge on any atom is -0.338 e. The van der Waals surface area contributed by atoms with E-state index in [-0.39, 0.29) is 29.2 Å². The number of benzene rings is 1. The average molecular weight is 348 g/mol. The Kier molecular flexibility index (Phi) is 5.57. The zero-order chi connectivity index (χ0) is 15.5. The number of carbonyl (C=O) groups is 1. The van der Waals surface area contributed by atoms with Gasteiger partial charge in [0.1, 0.15) is 0 Å². The minimum absolute atomic E-state index is 0.0375. The summed E-state index contributed by atoms with van der Waals surface area (Å²) in [5.74, 6) is 0.501. The second-order valence-electron chi connectivity index (χ2n) is 4.96. The highest BCUT2D eigenvalue weighted by Gasteiger charge is 2.33. The molecule has 1 aromatic carbocycles. The Balaban J connectivity index is 1.97. The lowest BCUT2D eigenvalue weighted by atomic mass is 10.2. The maximum Gasteiger partial charge on any atom is 0.233 e. The van der Waals surface area contributed by atoms with Crippen LogP contribution >= 0.6 is 23.4 Å². The fourth-order valence-corrected chi connectivity index (χ4v) is 5.30. The highest BCUT2D eigenvalue weighted by molar-refractivity contribution is 8.00.